The van der Waals surface area contributed by atoms with Crippen molar-refractivity contribution in [2.24, 2.45) is 0 Å². The number of hydrogen-bond donors (Lipinski definition) is 1. The van der Waals surface area contributed by atoms with Crippen LogP contribution in [-0.2, 0) is 6.18 Å². The van der Waals surface area contributed by atoms with Crippen molar-refractivity contribution in [3.05, 3.63) is 40.3 Å². The molecule has 2 heterocycles. The Balaban J connectivity index is 2.70. The van der Waals surface area contributed by atoms with Gasteiger partial charge >= 0.3 is 6.18 Å². The zero-order chi connectivity index (χ0) is 11.1. The Bertz CT molecular complexity index is 559. The maximum Gasteiger partial charge on any atom is 0.417 e. The zero-order valence-corrected chi connectivity index (χ0v) is 7.30. The summed E-state index contributed by atoms with van der Waals surface area (Å²) in [6.45, 7) is 0. The van der Waals surface area contributed by atoms with E-state index < -0.39 is 17.3 Å². The molecule has 2 aromatic heterocycles. The lowest BCUT2D eigenvalue weighted by Gasteiger charge is -2.06. The second-order valence-electron chi connectivity index (χ2n) is 2.98. The molecule has 15 heavy (non-hydrogen) atoms. The molecule has 0 aromatic carbocycles. The molecule has 2 rings (SSSR count). The van der Waals surface area contributed by atoms with E-state index in [2.05, 4.69) is 9.97 Å². The van der Waals surface area contributed by atoms with E-state index in [1.165, 1.54) is 12.1 Å². The first-order valence-electron chi connectivity index (χ1n) is 4.03. The Morgan fingerprint density at radius 2 is 2.00 bits per heavy atom. The van der Waals surface area contributed by atoms with Crippen LogP contribution < -0.4 is 5.56 Å². The summed E-state index contributed by atoms with van der Waals surface area (Å²) in [6, 6.07) is 3.45. The van der Waals surface area contributed by atoms with Crippen LogP contribution in [0.4, 0.5) is 13.2 Å². The maximum atomic E-state index is 12.3. The van der Waals surface area contributed by atoms with Gasteiger partial charge in [0.25, 0.3) is 0 Å². The molecule has 1 N–H and O–H groups in total. The van der Waals surface area contributed by atoms with E-state index in [4.69, 9.17) is 0 Å². The minimum Gasteiger partial charge on any atom is -0.321 e. The summed E-state index contributed by atoms with van der Waals surface area (Å²) in [5, 5.41) is 0. The molecule has 0 atom stereocenters. The standard InChI is InChI=1S/C9H5F3N2O/c10-9(11,12)5-3-7-6(13-4-5)1-2-8(15)14-7/h1-4H,(H,14,15). The fourth-order valence-electron chi connectivity index (χ4n) is 1.19. The van der Waals surface area contributed by atoms with Crippen molar-refractivity contribution in [2.75, 3.05) is 0 Å². The van der Waals surface area contributed by atoms with Crippen LogP contribution >= 0.6 is 0 Å². The summed E-state index contributed by atoms with van der Waals surface area (Å²) in [5.74, 6) is 0. The number of nitrogens with one attached hydrogen (secondary N) is 1. The molecule has 0 fully saturated rings. The highest BCUT2D eigenvalue weighted by molar-refractivity contribution is 5.74. The van der Waals surface area contributed by atoms with E-state index in [1.807, 2.05) is 0 Å². The number of pyridine rings is 2. The molecular formula is C9H5F3N2O. The van der Waals surface area contributed by atoms with Gasteiger partial charge in [0.1, 0.15) is 0 Å². The smallest absolute Gasteiger partial charge is 0.321 e. The molecule has 0 unspecified atom stereocenters. The van der Waals surface area contributed by atoms with Gasteiger partial charge in [-0.25, -0.2) is 0 Å². The lowest BCUT2D eigenvalue weighted by molar-refractivity contribution is -0.137. The van der Waals surface area contributed by atoms with Crippen molar-refractivity contribution in [3.8, 4) is 0 Å². The lowest BCUT2D eigenvalue weighted by atomic mass is 10.2. The van der Waals surface area contributed by atoms with Gasteiger partial charge in [0.05, 0.1) is 16.6 Å². The van der Waals surface area contributed by atoms with Crippen LogP contribution in [0.1, 0.15) is 5.56 Å². The number of H-pyrrole nitrogens is 1. The summed E-state index contributed by atoms with van der Waals surface area (Å²) in [6.07, 6.45) is -3.71. The maximum absolute atomic E-state index is 12.3. The first-order valence-corrected chi connectivity index (χ1v) is 4.03. The minimum atomic E-state index is -4.45. The third-order valence-electron chi connectivity index (χ3n) is 1.90. The molecule has 0 aliphatic rings. The molecule has 6 heteroatoms. The van der Waals surface area contributed by atoms with E-state index in [1.54, 1.807) is 0 Å². The fourth-order valence-corrected chi connectivity index (χ4v) is 1.19. The van der Waals surface area contributed by atoms with Gasteiger partial charge in [-0.1, -0.05) is 0 Å². The third kappa shape index (κ3) is 1.83. The van der Waals surface area contributed by atoms with Gasteiger partial charge in [-0.2, -0.15) is 13.2 Å². The Morgan fingerprint density at radius 1 is 1.27 bits per heavy atom. The molecule has 0 aliphatic heterocycles. The lowest BCUT2D eigenvalue weighted by Crippen LogP contribution is -2.08. The Hall–Kier alpha value is -1.85. The van der Waals surface area contributed by atoms with Gasteiger partial charge < -0.3 is 4.98 Å². The number of rotatable bonds is 0. The highest BCUT2D eigenvalue weighted by Crippen LogP contribution is 2.29. The molecule has 0 spiro atoms. The summed E-state index contributed by atoms with van der Waals surface area (Å²) < 4.78 is 36.9. The largest absolute Gasteiger partial charge is 0.417 e. The summed E-state index contributed by atoms with van der Waals surface area (Å²) in [7, 11) is 0. The third-order valence-corrected chi connectivity index (χ3v) is 1.90. The average molecular weight is 214 g/mol. The topological polar surface area (TPSA) is 45.8 Å². The number of aromatic amines is 1. The van der Waals surface area contributed by atoms with E-state index in [-0.39, 0.29) is 5.52 Å². The van der Waals surface area contributed by atoms with E-state index >= 15 is 0 Å². The van der Waals surface area contributed by atoms with Crippen LogP contribution in [0.3, 0.4) is 0 Å². The zero-order valence-electron chi connectivity index (χ0n) is 7.30. The number of fused-ring (bicyclic) bond motifs is 1. The molecule has 0 amide bonds. The first-order chi connectivity index (χ1) is 6.97. The van der Waals surface area contributed by atoms with Crippen LogP contribution in [-0.4, -0.2) is 9.97 Å². The summed E-state index contributed by atoms with van der Waals surface area (Å²) in [4.78, 5) is 16.8. The summed E-state index contributed by atoms with van der Waals surface area (Å²) in [5.41, 5.74) is -0.930. The molecule has 78 valence electrons. The summed E-state index contributed by atoms with van der Waals surface area (Å²) >= 11 is 0. The van der Waals surface area contributed by atoms with Crippen molar-refractivity contribution in [1.82, 2.24) is 9.97 Å². The first kappa shape index (κ1) is 9.70. The normalized spacial score (nSPS) is 11.9. The van der Waals surface area contributed by atoms with Gasteiger partial charge in [0.2, 0.25) is 5.56 Å². The number of aromatic nitrogens is 2. The molecule has 0 saturated carbocycles. The predicted octanol–water partition coefficient (Wildman–Crippen LogP) is 1.94. The average Bonchev–Trinajstić information content (AvgIpc) is 2.15. The monoisotopic (exact) mass is 214 g/mol. The van der Waals surface area contributed by atoms with E-state index in [9.17, 15) is 18.0 Å². The molecule has 2 aromatic rings. The SMILES string of the molecule is O=c1ccc2ncc(C(F)(F)F)cc2[nH]1. The highest BCUT2D eigenvalue weighted by atomic mass is 19.4. The van der Waals surface area contributed by atoms with Gasteiger partial charge in [0.15, 0.2) is 0 Å². The van der Waals surface area contributed by atoms with Crippen molar-refractivity contribution in [2.45, 2.75) is 6.18 Å². The van der Waals surface area contributed by atoms with Gasteiger partial charge in [-0.15, -0.1) is 0 Å². The number of alkyl halides is 3. The van der Waals surface area contributed by atoms with E-state index in [0.717, 1.165) is 12.3 Å². The minimum absolute atomic E-state index is 0.0809. The quantitative estimate of drug-likeness (QED) is 0.728. The van der Waals surface area contributed by atoms with Gasteiger partial charge in [-0.05, 0) is 12.1 Å². The second-order valence-corrected chi connectivity index (χ2v) is 2.98. The Labute approximate surface area is 81.6 Å². The number of halogens is 3. The van der Waals surface area contributed by atoms with Crippen LogP contribution in [0.5, 0.6) is 0 Å². The number of hydrogen-bond acceptors (Lipinski definition) is 2. The molecule has 0 radical (unpaired) electrons. The van der Waals surface area contributed by atoms with Crippen molar-refractivity contribution in [3.63, 3.8) is 0 Å². The fraction of sp³-hybridized carbons (Fsp3) is 0.111. The second kappa shape index (κ2) is 3.08. The molecule has 3 nitrogen and oxygen atoms in total. The van der Waals surface area contributed by atoms with Gasteiger partial charge in [-0.3, -0.25) is 9.78 Å². The molecule has 0 saturated heterocycles. The predicted molar refractivity (Wildman–Crippen MR) is 47.4 cm³/mol. The van der Waals surface area contributed by atoms with Crippen LogP contribution in [0, 0.1) is 0 Å². The van der Waals surface area contributed by atoms with Crippen LogP contribution in [0.2, 0.25) is 0 Å². The molecule has 0 aliphatic carbocycles. The molecular weight excluding hydrogens is 209 g/mol. The van der Waals surface area contributed by atoms with Crippen LogP contribution in [0.25, 0.3) is 11.0 Å². The van der Waals surface area contributed by atoms with E-state index in [0.29, 0.717) is 5.52 Å². The Morgan fingerprint density at radius 3 is 2.67 bits per heavy atom. The Kier molecular flexibility index (Phi) is 1.99. The number of nitrogens with zero attached hydrogens (tertiary/aromatic N) is 1. The van der Waals surface area contributed by atoms with Crippen LogP contribution in [0.15, 0.2) is 29.2 Å². The van der Waals surface area contributed by atoms with Gasteiger partial charge in [0, 0.05) is 12.3 Å². The highest BCUT2D eigenvalue weighted by Gasteiger charge is 2.31. The molecule has 0 bridgehead atoms. The van der Waals surface area contributed by atoms with Crippen molar-refractivity contribution < 1.29 is 13.2 Å². The van der Waals surface area contributed by atoms with Crippen molar-refractivity contribution in [1.29, 1.82) is 0 Å². The van der Waals surface area contributed by atoms with Crippen molar-refractivity contribution >= 4 is 11.0 Å².